The topological polar surface area (TPSA) is 99.7 Å². The number of aryl methyl sites for hydroxylation is 1. The van der Waals surface area contributed by atoms with Gasteiger partial charge in [0.2, 0.25) is 0 Å². The number of benzene rings is 2. The first-order valence-electron chi connectivity index (χ1n) is 7.71. The van der Waals surface area contributed by atoms with Crippen molar-refractivity contribution in [3.8, 4) is 0 Å². The average Bonchev–Trinajstić information content (AvgIpc) is 2.54. The standard InChI is InChI=1S/C18H22N4O2/c1-3-20-16-9-12(2)8-14(10-16)17(18(23)24)22-15-6-4-13(5-7-15)11-21-19/h4-11,17,20,22H,3,19H2,1-2H3,(H,23,24). The zero-order valence-electron chi connectivity index (χ0n) is 13.8. The summed E-state index contributed by atoms with van der Waals surface area (Å²) in [4.78, 5) is 11.7. The molecule has 0 saturated carbocycles. The van der Waals surface area contributed by atoms with Crippen molar-refractivity contribution < 1.29 is 9.90 Å². The predicted molar refractivity (Wildman–Crippen MR) is 97.6 cm³/mol. The Morgan fingerprint density at radius 2 is 1.96 bits per heavy atom. The van der Waals surface area contributed by atoms with Crippen molar-refractivity contribution in [3.63, 3.8) is 0 Å². The number of carboxylic acids is 1. The molecule has 126 valence electrons. The molecule has 0 bridgehead atoms. The molecule has 0 aliphatic carbocycles. The van der Waals surface area contributed by atoms with Crippen molar-refractivity contribution in [1.29, 1.82) is 0 Å². The predicted octanol–water partition coefficient (Wildman–Crippen LogP) is 2.96. The molecule has 2 rings (SSSR count). The Labute approximate surface area is 141 Å². The number of hydrogen-bond acceptors (Lipinski definition) is 5. The van der Waals surface area contributed by atoms with E-state index in [1.807, 2.05) is 44.2 Å². The normalized spacial score (nSPS) is 12.1. The van der Waals surface area contributed by atoms with Crippen LogP contribution in [0.15, 0.2) is 47.6 Å². The van der Waals surface area contributed by atoms with Crippen molar-refractivity contribution in [2.75, 3.05) is 17.2 Å². The van der Waals surface area contributed by atoms with Crippen LogP contribution in [0.5, 0.6) is 0 Å². The van der Waals surface area contributed by atoms with E-state index in [9.17, 15) is 9.90 Å². The van der Waals surface area contributed by atoms with E-state index < -0.39 is 12.0 Å². The van der Waals surface area contributed by atoms with Gasteiger partial charge in [-0.05, 0) is 54.8 Å². The van der Waals surface area contributed by atoms with E-state index in [-0.39, 0.29) is 0 Å². The van der Waals surface area contributed by atoms with E-state index in [0.717, 1.165) is 23.4 Å². The van der Waals surface area contributed by atoms with Crippen LogP contribution in [-0.4, -0.2) is 23.8 Å². The highest BCUT2D eigenvalue weighted by molar-refractivity contribution is 5.82. The summed E-state index contributed by atoms with van der Waals surface area (Å²) in [5.74, 6) is 4.18. The third-order valence-electron chi connectivity index (χ3n) is 3.51. The Kier molecular flexibility index (Phi) is 5.78. The fourth-order valence-electron chi connectivity index (χ4n) is 2.49. The molecule has 2 aromatic rings. The number of carbonyl (C=O) groups is 1. The van der Waals surface area contributed by atoms with Crippen LogP contribution >= 0.6 is 0 Å². The number of aliphatic carboxylic acids is 1. The van der Waals surface area contributed by atoms with Crippen molar-refractivity contribution in [2.45, 2.75) is 19.9 Å². The Balaban J connectivity index is 2.28. The van der Waals surface area contributed by atoms with E-state index >= 15 is 0 Å². The Hall–Kier alpha value is -3.02. The molecule has 1 unspecified atom stereocenters. The van der Waals surface area contributed by atoms with Crippen LogP contribution in [0.25, 0.3) is 0 Å². The van der Waals surface area contributed by atoms with Gasteiger partial charge in [-0.3, -0.25) is 0 Å². The van der Waals surface area contributed by atoms with E-state index in [1.165, 1.54) is 6.21 Å². The molecule has 6 heteroatoms. The fraction of sp³-hybridized carbons (Fsp3) is 0.222. The lowest BCUT2D eigenvalue weighted by Crippen LogP contribution is -2.20. The van der Waals surface area contributed by atoms with Gasteiger partial charge in [0.1, 0.15) is 0 Å². The highest BCUT2D eigenvalue weighted by atomic mass is 16.4. The Bertz CT molecular complexity index is 726. The zero-order valence-corrected chi connectivity index (χ0v) is 13.8. The average molecular weight is 326 g/mol. The van der Waals surface area contributed by atoms with Gasteiger partial charge in [0.05, 0.1) is 6.21 Å². The SMILES string of the molecule is CCNc1cc(C)cc(C(Nc2ccc(C=NN)cc2)C(=O)O)c1. The number of rotatable bonds is 7. The number of nitrogens with two attached hydrogens (primary N) is 1. The summed E-state index contributed by atoms with van der Waals surface area (Å²) in [6.07, 6.45) is 1.53. The highest BCUT2D eigenvalue weighted by Crippen LogP contribution is 2.24. The van der Waals surface area contributed by atoms with Crippen LogP contribution in [0.1, 0.15) is 29.7 Å². The smallest absolute Gasteiger partial charge is 0.330 e. The van der Waals surface area contributed by atoms with Gasteiger partial charge in [-0.1, -0.05) is 18.2 Å². The molecule has 5 N–H and O–H groups in total. The van der Waals surface area contributed by atoms with Gasteiger partial charge >= 0.3 is 5.97 Å². The Morgan fingerprint density at radius 1 is 1.25 bits per heavy atom. The van der Waals surface area contributed by atoms with E-state index in [0.29, 0.717) is 11.3 Å². The van der Waals surface area contributed by atoms with Gasteiger partial charge in [-0.2, -0.15) is 5.10 Å². The van der Waals surface area contributed by atoms with Crippen LogP contribution in [0.3, 0.4) is 0 Å². The van der Waals surface area contributed by atoms with Crippen LogP contribution < -0.4 is 16.5 Å². The summed E-state index contributed by atoms with van der Waals surface area (Å²) >= 11 is 0. The first-order valence-corrected chi connectivity index (χ1v) is 7.71. The zero-order chi connectivity index (χ0) is 17.5. The number of hydrazone groups is 1. The molecule has 6 nitrogen and oxygen atoms in total. The largest absolute Gasteiger partial charge is 0.479 e. The van der Waals surface area contributed by atoms with Gasteiger partial charge in [-0.25, -0.2) is 4.79 Å². The summed E-state index contributed by atoms with van der Waals surface area (Å²) in [5, 5.41) is 19.4. The molecule has 0 aromatic heterocycles. The summed E-state index contributed by atoms with van der Waals surface area (Å²) in [6.45, 7) is 4.73. The number of hydrogen-bond donors (Lipinski definition) is 4. The highest BCUT2D eigenvalue weighted by Gasteiger charge is 2.20. The molecule has 0 aliphatic rings. The molecule has 0 radical (unpaired) electrons. The molecule has 24 heavy (non-hydrogen) atoms. The number of carboxylic acid groups (broad SMARTS) is 1. The van der Waals surface area contributed by atoms with Gasteiger partial charge in [0.25, 0.3) is 0 Å². The number of nitrogens with zero attached hydrogens (tertiary/aromatic N) is 1. The third-order valence-corrected chi connectivity index (χ3v) is 3.51. The third kappa shape index (κ3) is 4.49. The maximum absolute atomic E-state index is 11.7. The lowest BCUT2D eigenvalue weighted by Gasteiger charge is -2.18. The van der Waals surface area contributed by atoms with Crippen LogP contribution in [0.2, 0.25) is 0 Å². The van der Waals surface area contributed by atoms with Crippen LogP contribution in [0, 0.1) is 6.92 Å². The molecule has 2 aromatic carbocycles. The van der Waals surface area contributed by atoms with Crippen LogP contribution in [-0.2, 0) is 4.79 Å². The summed E-state index contributed by atoms with van der Waals surface area (Å²) in [5.41, 5.74) is 4.18. The maximum Gasteiger partial charge on any atom is 0.330 e. The Morgan fingerprint density at radius 3 is 2.54 bits per heavy atom. The summed E-state index contributed by atoms with van der Waals surface area (Å²) in [7, 11) is 0. The minimum atomic E-state index is -0.935. The lowest BCUT2D eigenvalue weighted by molar-refractivity contribution is -0.138. The monoisotopic (exact) mass is 326 g/mol. The van der Waals surface area contributed by atoms with Crippen molar-refractivity contribution in [2.24, 2.45) is 10.9 Å². The fourth-order valence-corrected chi connectivity index (χ4v) is 2.49. The summed E-state index contributed by atoms with van der Waals surface area (Å²) < 4.78 is 0. The van der Waals surface area contributed by atoms with E-state index in [2.05, 4.69) is 15.7 Å². The van der Waals surface area contributed by atoms with Gasteiger partial charge in [-0.15, -0.1) is 0 Å². The summed E-state index contributed by atoms with van der Waals surface area (Å²) in [6, 6.07) is 12.1. The molecule has 0 heterocycles. The van der Waals surface area contributed by atoms with Gasteiger partial charge in [0.15, 0.2) is 6.04 Å². The first-order chi connectivity index (χ1) is 11.5. The first kappa shape index (κ1) is 17.3. The number of anilines is 2. The minimum Gasteiger partial charge on any atom is -0.479 e. The van der Waals surface area contributed by atoms with Crippen molar-refractivity contribution >= 4 is 23.6 Å². The van der Waals surface area contributed by atoms with Gasteiger partial charge in [0, 0.05) is 17.9 Å². The van der Waals surface area contributed by atoms with E-state index in [4.69, 9.17) is 5.84 Å². The molecule has 0 amide bonds. The molecular weight excluding hydrogens is 304 g/mol. The van der Waals surface area contributed by atoms with Crippen molar-refractivity contribution in [1.82, 2.24) is 0 Å². The second-order valence-corrected chi connectivity index (χ2v) is 5.48. The molecule has 0 aliphatic heterocycles. The second-order valence-electron chi connectivity index (χ2n) is 5.48. The molecule has 1 atom stereocenters. The molecule has 0 spiro atoms. The lowest BCUT2D eigenvalue weighted by atomic mass is 10.0. The van der Waals surface area contributed by atoms with Crippen molar-refractivity contribution in [3.05, 3.63) is 59.2 Å². The molecule has 0 fully saturated rings. The molecule has 0 saturated heterocycles. The minimum absolute atomic E-state index is 0.700. The second kappa shape index (κ2) is 8.01. The molecular formula is C18H22N4O2. The van der Waals surface area contributed by atoms with Gasteiger partial charge < -0.3 is 21.6 Å². The maximum atomic E-state index is 11.7. The quantitative estimate of drug-likeness (QED) is 0.356. The van der Waals surface area contributed by atoms with E-state index in [1.54, 1.807) is 12.1 Å². The number of nitrogens with one attached hydrogen (secondary N) is 2. The van der Waals surface area contributed by atoms with Crippen LogP contribution in [0.4, 0.5) is 11.4 Å².